The molecule has 0 N–H and O–H groups in total. The molecule has 2 fully saturated rings. The Balaban J connectivity index is 1.66. The Labute approximate surface area is 106 Å². The van der Waals surface area contributed by atoms with E-state index in [9.17, 15) is 4.79 Å². The van der Waals surface area contributed by atoms with Crippen LogP contribution in [0.1, 0.15) is 29.2 Å². The molecule has 1 amide bonds. The summed E-state index contributed by atoms with van der Waals surface area (Å²) in [6.45, 7) is 3.41. The SMILES string of the molecule is COC1C[C@@H]2CN(C(=O)c3coc(C)n3)C[C@@H]2C1. The molecule has 0 radical (unpaired) electrons. The van der Waals surface area contributed by atoms with Crippen LogP contribution in [0.4, 0.5) is 0 Å². The number of hydrogen-bond donors (Lipinski definition) is 0. The van der Waals surface area contributed by atoms with E-state index in [-0.39, 0.29) is 5.91 Å². The minimum absolute atomic E-state index is 0.00443. The number of oxazole rings is 1. The smallest absolute Gasteiger partial charge is 0.275 e. The van der Waals surface area contributed by atoms with E-state index in [0.717, 1.165) is 25.9 Å². The van der Waals surface area contributed by atoms with Gasteiger partial charge in [0.25, 0.3) is 5.91 Å². The Morgan fingerprint density at radius 1 is 1.44 bits per heavy atom. The van der Waals surface area contributed by atoms with Crippen molar-refractivity contribution in [1.82, 2.24) is 9.88 Å². The Bertz CT molecular complexity index is 443. The second-order valence-electron chi connectivity index (χ2n) is 5.31. The van der Waals surface area contributed by atoms with Crippen molar-refractivity contribution >= 4 is 5.91 Å². The van der Waals surface area contributed by atoms with Crippen LogP contribution in [0.3, 0.4) is 0 Å². The van der Waals surface area contributed by atoms with Crippen molar-refractivity contribution in [3.05, 3.63) is 17.8 Å². The number of likely N-dealkylation sites (tertiary alicyclic amines) is 1. The number of nitrogens with zero attached hydrogens (tertiary/aromatic N) is 2. The van der Waals surface area contributed by atoms with Crippen LogP contribution in [-0.4, -0.2) is 42.1 Å². The van der Waals surface area contributed by atoms with Gasteiger partial charge in [-0.15, -0.1) is 0 Å². The molecule has 0 aromatic carbocycles. The molecule has 1 saturated carbocycles. The maximum atomic E-state index is 12.2. The predicted octanol–water partition coefficient (Wildman–Crippen LogP) is 1.48. The molecule has 5 heteroatoms. The van der Waals surface area contributed by atoms with Gasteiger partial charge in [0.2, 0.25) is 0 Å². The summed E-state index contributed by atoms with van der Waals surface area (Å²) in [5, 5.41) is 0. The van der Waals surface area contributed by atoms with E-state index in [2.05, 4.69) is 4.98 Å². The highest BCUT2D eigenvalue weighted by atomic mass is 16.5. The van der Waals surface area contributed by atoms with E-state index in [1.807, 2.05) is 4.90 Å². The standard InChI is InChI=1S/C13H18N2O3/c1-8-14-12(7-18-8)13(16)15-5-9-3-11(17-2)4-10(9)6-15/h7,9-11H,3-6H2,1-2H3/t9-,10+,11?. The summed E-state index contributed by atoms with van der Waals surface area (Å²) in [6, 6.07) is 0. The first-order valence-electron chi connectivity index (χ1n) is 6.41. The highest BCUT2D eigenvalue weighted by Gasteiger charge is 2.42. The van der Waals surface area contributed by atoms with Crippen molar-refractivity contribution in [1.29, 1.82) is 0 Å². The van der Waals surface area contributed by atoms with Gasteiger partial charge in [-0.05, 0) is 24.7 Å². The Morgan fingerprint density at radius 2 is 2.11 bits per heavy atom. The maximum absolute atomic E-state index is 12.2. The summed E-state index contributed by atoms with van der Waals surface area (Å²) < 4.78 is 10.5. The average molecular weight is 250 g/mol. The number of rotatable bonds is 2. The highest BCUT2D eigenvalue weighted by molar-refractivity contribution is 5.92. The Morgan fingerprint density at radius 3 is 2.61 bits per heavy atom. The summed E-state index contributed by atoms with van der Waals surface area (Å²) in [5.41, 5.74) is 0.427. The van der Waals surface area contributed by atoms with Gasteiger partial charge in [0.15, 0.2) is 11.6 Å². The van der Waals surface area contributed by atoms with Crippen molar-refractivity contribution in [2.75, 3.05) is 20.2 Å². The van der Waals surface area contributed by atoms with Gasteiger partial charge in [-0.2, -0.15) is 0 Å². The van der Waals surface area contributed by atoms with Crippen molar-refractivity contribution in [2.45, 2.75) is 25.9 Å². The van der Waals surface area contributed by atoms with Gasteiger partial charge in [0.1, 0.15) is 6.26 Å². The zero-order valence-corrected chi connectivity index (χ0v) is 10.8. The lowest BCUT2D eigenvalue weighted by molar-refractivity contribution is 0.0726. The highest BCUT2D eigenvalue weighted by Crippen LogP contribution is 2.39. The monoisotopic (exact) mass is 250 g/mol. The lowest BCUT2D eigenvalue weighted by Crippen LogP contribution is -2.30. The quantitative estimate of drug-likeness (QED) is 0.797. The molecule has 1 saturated heterocycles. The number of carbonyl (C=O) groups excluding carboxylic acids is 1. The molecule has 5 nitrogen and oxygen atoms in total. The van der Waals surface area contributed by atoms with Crippen LogP contribution in [0.5, 0.6) is 0 Å². The van der Waals surface area contributed by atoms with E-state index in [1.54, 1.807) is 14.0 Å². The van der Waals surface area contributed by atoms with E-state index in [4.69, 9.17) is 9.15 Å². The van der Waals surface area contributed by atoms with Crippen LogP contribution >= 0.6 is 0 Å². The molecule has 1 aromatic rings. The number of methoxy groups -OCH3 is 1. The Hall–Kier alpha value is -1.36. The summed E-state index contributed by atoms with van der Waals surface area (Å²) in [5.74, 6) is 1.71. The van der Waals surface area contributed by atoms with Crippen molar-refractivity contribution < 1.29 is 13.9 Å². The Kier molecular flexibility index (Phi) is 2.86. The third-order valence-corrected chi connectivity index (χ3v) is 4.17. The summed E-state index contributed by atoms with van der Waals surface area (Å²) in [7, 11) is 1.77. The van der Waals surface area contributed by atoms with Gasteiger partial charge < -0.3 is 14.1 Å². The van der Waals surface area contributed by atoms with Crippen molar-refractivity contribution in [3.8, 4) is 0 Å². The third-order valence-electron chi connectivity index (χ3n) is 4.17. The van der Waals surface area contributed by atoms with Gasteiger partial charge in [-0.25, -0.2) is 4.98 Å². The zero-order valence-electron chi connectivity index (χ0n) is 10.8. The van der Waals surface area contributed by atoms with Gasteiger partial charge in [-0.3, -0.25) is 4.79 Å². The predicted molar refractivity (Wildman–Crippen MR) is 64.2 cm³/mol. The van der Waals surface area contributed by atoms with E-state index >= 15 is 0 Å². The normalized spacial score (nSPS) is 30.8. The van der Waals surface area contributed by atoms with Gasteiger partial charge in [0.05, 0.1) is 6.10 Å². The minimum atomic E-state index is -0.00443. The molecule has 1 aromatic heterocycles. The fourth-order valence-corrected chi connectivity index (χ4v) is 3.23. The van der Waals surface area contributed by atoms with Gasteiger partial charge in [-0.1, -0.05) is 0 Å². The third kappa shape index (κ3) is 1.92. The molecule has 1 aliphatic heterocycles. The van der Waals surface area contributed by atoms with Crippen LogP contribution in [0.15, 0.2) is 10.7 Å². The van der Waals surface area contributed by atoms with E-state index in [0.29, 0.717) is 29.5 Å². The van der Waals surface area contributed by atoms with Crippen molar-refractivity contribution in [2.24, 2.45) is 11.8 Å². The van der Waals surface area contributed by atoms with E-state index < -0.39 is 0 Å². The number of carbonyl (C=O) groups is 1. The van der Waals surface area contributed by atoms with Crippen LogP contribution in [0.2, 0.25) is 0 Å². The van der Waals surface area contributed by atoms with Crippen molar-refractivity contribution in [3.63, 3.8) is 0 Å². The molecule has 1 unspecified atom stereocenters. The first-order valence-corrected chi connectivity index (χ1v) is 6.41. The first-order chi connectivity index (χ1) is 8.67. The summed E-state index contributed by atoms with van der Waals surface area (Å²) in [4.78, 5) is 18.2. The molecule has 1 aliphatic carbocycles. The van der Waals surface area contributed by atoms with Crippen LogP contribution in [0, 0.1) is 18.8 Å². The fraction of sp³-hybridized carbons (Fsp3) is 0.692. The average Bonchev–Trinajstić information content (AvgIpc) is 3.00. The lowest BCUT2D eigenvalue weighted by Gasteiger charge is -2.17. The first kappa shape index (κ1) is 11.7. The van der Waals surface area contributed by atoms with E-state index in [1.165, 1.54) is 6.26 Å². The largest absolute Gasteiger partial charge is 0.448 e. The second-order valence-corrected chi connectivity index (χ2v) is 5.31. The van der Waals surface area contributed by atoms with Crippen LogP contribution < -0.4 is 0 Å². The molecule has 2 aliphatic rings. The molecule has 2 heterocycles. The second kappa shape index (κ2) is 4.39. The molecule has 3 rings (SSSR count). The number of amides is 1. The molecule has 98 valence electrons. The van der Waals surface area contributed by atoms with Crippen LogP contribution in [-0.2, 0) is 4.74 Å². The number of hydrogen-bond acceptors (Lipinski definition) is 4. The topological polar surface area (TPSA) is 55.6 Å². The molecule has 0 bridgehead atoms. The number of ether oxygens (including phenoxy) is 1. The molecule has 18 heavy (non-hydrogen) atoms. The molecule has 3 atom stereocenters. The molecular formula is C13H18N2O3. The molecule has 0 spiro atoms. The summed E-state index contributed by atoms with van der Waals surface area (Å²) >= 11 is 0. The number of fused-ring (bicyclic) bond motifs is 1. The van der Waals surface area contributed by atoms with Gasteiger partial charge >= 0.3 is 0 Å². The fourth-order valence-electron chi connectivity index (χ4n) is 3.23. The summed E-state index contributed by atoms with van der Waals surface area (Å²) in [6.07, 6.45) is 3.97. The number of aryl methyl sites for hydroxylation is 1. The molecular weight excluding hydrogens is 232 g/mol. The maximum Gasteiger partial charge on any atom is 0.275 e. The lowest BCUT2D eigenvalue weighted by atomic mass is 10.0. The number of aromatic nitrogens is 1. The minimum Gasteiger partial charge on any atom is -0.448 e. The zero-order chi connectivity index (χ0) is 12.7. The van der Waals surface area contributed by atoms with Gasteiger partial charge in [0, 0.05) is 27.1 Å². The van der Waals surface area contributed by atoms with Crippen LogP contribution in [0.25, 0.3) is 0 Å².